The number of aliphatic hydroxyl groups excluding tert-OH is 1. The first-order chi connectivity index (χ1) is 14.9. The third kappa shape index (κ3) is 11.5. The van der Waals surface area contributed by atoms with Crippen molar-refractivity contribution in [2.45, 2.75) is 49.9 Å². The zero-order valence-electron chi connectivity index (χ0n) is 17.5. The van der Waals surface area contributed by atoms with E-state index < -0.39 is 72.7 Å². The Kier molecular flexibility index (Phi) is 13.6. The molecule has 4 unspecified atom stereocenters. The van der Waals surface area contributed by atoms with Gasteiger partial charge in [-0.1, -0.05) is 0 Å². The van der Waals surface area contributed by atoms with E-state index in [1.165, 1.54) is 11.8 Å². The summed E-state index contributed by atoms with van der Waals surface area (Å²) >= 11 is 1.37. The molecule has 0 bridgehead atoms. The number of aliphatic carboxylic acids is 1. The zero-order chi connectivity index (χ0) is 24.8. The second kappa shape index (κ2) is 15.0. The molecule has 0 aromatic rings. The number of hydrogen-bond acceptors (Lipinski definition) is 9. The molecule has 0 aliphatic heterocycles. The number of carbonyl (C=O) groups excluding carboxylic acids is 5. The van der Waals surface area contributed by atoms with Gasteiger partial charge in [-0.15, -0.1) is 0 Å². The van der Waals surface area contributed by atoms with Gasteiger partial charge >= 0.3 is 5.97 Å². The van der Waals surface area contributed by atoms with Crippen LogP contribution in [-0.4, -0.2) is 88.5 Å². The van der Waals surface area contributed by atoms with Crippen molar-refractivity contribution in [3.63, 3.8) is 0 Å². The highest BCUT2D eigenvalue weighted by Gasteiger charge is 2.30. The molecule has 0 aliphatic rings. The Morgan fingerprint density at radius 1 is 0.844 bits per heavy atom. The zero-order valence-corrected chi connectivity index (χ0v) is 18.4. The summed E-state index contributed by atoms with van der Waals surface area (Å²) in [6.07, 6.45) is 0.920. The lowest BCUT2D eigenvalue weighted by Gasteiger charge is -2.23. The van der Waals surface area contributed by atoms with E-state index in [0.717, 1.165) is 0 Å². The van der Waals surface area contributed by atoms with Crippen molar-refractivity contribution in [2.24, 2.45) is 17.2 Å². The van der Waals surface area contributed by atoms with Crippen molar-refractivity contribution in [3.05, 3.63) is 0 Å². The average Bonchev–Trinajstić information content (AvgIpc) is 2.71. The van der Waals surface area contributed by atoms with E-state index in [1.807, 2.05) is 0 Å². The Morgan fingerprint density at radius 3 is 1.84 bits per heavy atom. The Bertz CT molecular complexity index is 707. The fraction of sp³-hybridized carbons (Fsp3) is 0.647. The summed E-state index contributed by atoms with van der Waals surface area (Å²) in [5.41, 5.74) is 15.7. The van der Waals surface area contributed by atoms with Crippen LogP contribution in [0.4, 0.5) is 0 Å². The van der Waals surface area contributed by atoms with Gasteiger partial charge in [0.1, 0.15) is 18.1 Å². The Labute approximate surface area is 188 Å². The highest BCUT2D eigenvalue weighted by Crippen LogP contribution is 2.03. The largest absolute Gasteiger partial charge is 0.480 e. The molecule has 0 saturated carbocycles. The maximum absolute atomic E-state index is 12.5. The lowest BCUT2D eigenvalue weighted by Crippen LogP contribution is -2.58. The van der Waals surface area contributed by atoms with Gasteiger partial charge in [0, 0.05) is 6.42 Å². The van der Waals surface area contributed by atoms with Gasteiger partial charge in [0.2, 0.25) is 29.5 Å². The summed E-state index contributed by atoms with van der Waals surface area (Å²) in [6.45, 7) is -0.887. The van der Waals surface area contributed by atoms with Gasteiger partial charge in [-0.05, 0) is 24.9 Å². The van der Waals surface area contributed by atoms with Gasteiger partial charge in [0.15, 0.2) is 0 Å². The SMILES string of the molecule is CSCCC(NC(=O)C(CO)NC(=O)C(CC(N)=O)NC(=O)C(N)CCC(N)=O)C(=O)O. The minimum Gasteiger partial charge on any atom is -0.480 e. The van der Waals surface area contributed by atoms with Crippen LogP contribution in [0.3, 0.4) is 0 Å². The molecule has 0 spiro atoms. The summed E-state index contributed by atoms with van der Waals surface area (Å²) < 4.78 is 0. The van der Waals surface area contributed by atoms with Crippen LogP contribution < -0.4 is 33.2 Å². The minimum atomic E-state index is -1.56. The van der Waals surface area contributed by atoms with E-state index in [0.29, 0.717) is 5.75 Å². The molecular formula is C17H30N6O8S. The molecule has 11 N–H and O–H groups in total. The predicted octanol–water partition coefficient (Wildman–Crippen LogP) is -4.26. The van der Waals surface area contributed by atoms with Gasteiger partial charge < -0.3 is 43.4 Å². The molecule has 4 atom stereocenters. The monoisotopic (exact) mass is 478 g/mol. The molecular weight excluding hydrogens is 448 g/mol. The maximum atomic E-state index is 12.5. The molecule has 0 heterocycles. The Balaban J connectivity index is 5.20. The molecule has 0 radical (unpaired) electrons. The fourth-order valence-corrected chi connectivity index (χ4v) is 2.82. The summed E-state index contributed by atoms with van der Waals surface area (Å²) in [4.78, 5) is 70.3. The highest BCUT2D eigenvalue weighted by molar-refractivity contribution is 7.98. The predicted molar refractivity (Wildman–Crippen MR) is 114 cm³/mol. The summed E-state index contributed by atoms with van der Waals surface area (Å²) in [7, 11) is 0. The molecule has 14 nitrogen and oxygen atoms in total. The number of aliphatic hydroxyl groups is 1. The fourth-order valence-electron chi connectivity index (χ4n) is 2.35. The van der Waals surface area contributed by atoms with Crippen molar-refractivity contribution in [1.82, 2.24) is 16.0 Å². The average molecular weight is 479 g/mol. The maximum Gasteiger partial charge on any atom is 0.326 e. The van der Waals surface area contributed by atoms with Crippen molar-refractivity contribution in [1.29, 1.82) is 0 Å². The van der Waals surface area contributed by atoms with Crippen molar-refractivity contribution < 1.29 is 39.0 Å². The quantitative estimate of drug-likeness (QED) is 0.106. The van der Waals surface area contributed by atoms with Crippen molar-refractivity contribution >= 4 is 47.3 Å². The van der Waals surface area contributed by atoms with Crippen LogP contribution in [0, 0.1) is 0 Å². The summed E-state index contributed by atoms with van der Waals surface area (Å²) in [5.74, 6) is -5.38. The third-order valence-corrected chi connectivity index (χ3v) is 4.76. The molecule has 0 rings (SSSR count). The third-order valence-electron chi connectivity index (χ3n) is 4.12. The van der Waals surface area contributed by atoms with Crippen LogP contribution in [0.5, 0.6) is 0 Å². The summed E-state index contributed by atoms with van der Waals surface area (Å²) in [5, 5.41) is 25.2. The van der Waals surface area contributed by atoms with Crippen LogP contribution in [0.2, 0.25) is 0 Å². The number of nitrogens with two attached hydrogens (primary N) is 3. The molecule has 0 aromatic heterocycles. The Morgan fingerprint density at radius 2 is 1.38 bits per heavy atom. The normalized spacial score (nSPS) is 14.3. The number of nitrogens with one attached hydrogen (secondary N) is 3. The number of thioether (sulfide) groups is 1. The minimum absolute atomic E-state index is 0.109. The van der Waals surface area contributed by atoms with Gasteiger partial charge in [-0.3, -0.25) is 24.0 Å². The van der Waals surface area contributed by atoms with Gasteiger partial charge in [0.25, 0.3) is 0 Å². The number of amides is 5. The topological polar surface area (TPSA) is 257 Å². The molecule has 0 saturated heterocycles. The number of carboxylic acids is 1. The number of primary amides is 2. The molecule has 5 amide bonds. The molecule has 182 valence electrons. The van der Waals surface area contributed by atoms with Crippen LogP contribution in [0.15, 0.2) is 0 Å². The van der Waals surface area contributed by atoms with Crippen LogP contribution in [0.1, 0.15) is 25.7 Å². The highest BCUT2D eigenvalue weighted by atomic mass is 32.2. The summed E-state index contributed by atoms with van der Waals surface area (Å²) in [6, 6.07) is -5.55. The lowest BCUT2D eigenvalue weighted by molar-refractivity contribution is -0.142. The lowest BCUT2D eigenvalue weighted by atomic mass is 10.1. The molecule has 0 aromatic carbocycles. The van der Waals surface area contributed by atoms with Crippen molar-refractivity contribution in [2.75, 3.05) is 18.6 Å². The first-order valence-corrected chi connectivity index (χ1v) is 10.9. The van der Waals surface area contributed by atoms with Crippen LogP contribution in [-0.2, 0) is 28.8 Å². The molecule has 15 heteroatoms. The van der Waals surface area contributed by atoms with Gasteiger partial charge in [-0.25, -0.2) is 4.79 Å². The van der Waals surface area contributed by atoms with E-state index in [4.69, 9.17) is 17.2 Å². The first kappa shape index (κ1) is 29.1. The molecule has 0 fully saturated rings. The number of hydrogen-bond donors (Lipinski definition) is 8. The van der Waals surface area contributed by atoms with E-state index in [1.54, 1.807) is 6.26 Å². The van der Waals surface area contributed by atoms with Gasteiger partial charge in [-0.2, -0.15) is 11.8 Å². The van der Waals surface area contributed by atoms with Crippen molar-refractivity contribution in [3.8, 4) is 0 Å². The van der Waals surface area contributed by atoms with E-state index in [9.17, 15) is 39.0 Å². The molecule has 32 heavy (non-hydrogen) atoms. The first-order valence-electron chi connectivity index (χ1n) is 9.48. The van der Waals surface area contributed by atoms with E-state index in [-0.39, 0.29) is 19.3 Å². The van der Waals surface area contributed by atoms with E-state index in [2.05, 4.69) is 16.0 Å². The number of carboxylic acid groups (broad SMARTS) is 1. The number of carbonyl (C=O) groups is 6. The standard InChI is InChI=1S/C17H30N6O8S/c1-32-5-4-9(17(30)31)21-16(29)11(7-24)23-15(28)10(6-13(20)26)22-14(27)8(18)2-3-12(19)25/h8-11,24H,2-7,18H2,1H3,(H2,19,25)(H2,20,26)(H,21,29)(H,22,27)(H,23,28)(H,30,31). The van der Waals surface area contributed by atoms with Gasteiger partial charge in [0.05, 0.1) is 19.1 Å². The smallest absolute Gasteiger partial charge is 0.326 e. The Hall–Kier alpha value is -2.91. The van der Waals surface area contributed by atoms with Crippen LogP contribution in [0.25, 0.3) is 0 Å². The second-order valence-electron chi connectivity index (χ2n) is 6.77. The second-order valence-corrected chi connectivity index (χ2v) is 7.75. The van der Waals surface area contributed by atoms with E-state index >= 15 is 0 Å². The van der Waals surface area contributed by atoms with Crippen LogP contribution >= 0.6 is 11.8 Å². The molecule has 0 aliphatic carbocycles. The number of rotatable bonds is 16.